The first-order chi connectivity index (χ1) is 8.90. The maximum atomic E-state index is 13.1. The number of carbonyl (C=O) groups excluding carboxylic acids is 2. The number of benzene rings is 1. The minimum atomic E-state index is -0.427. The highest BCUT2D eigenvalue weighted by molar-refractivity contribution is 9.10. The smallest absolute Gasteiger partial charge is 0.260 e. The lowest BCUT2D eigenvalue weighted by Crippen LogP contribution is -2.32. The minimum absolute atomic E-state index is 0.149. The summed E-state index contributed by atoms with van der Waals surface area (Å²) in [5.74, 6) is -0.357. The van der Waals surface area contributed by atoms with Crippen molar-refractivity contribution < 1.29 is 14.0 Å². The minimum Gasteiger partial charge on any atom is -0.278 e. The predicted molar refractivity (Wildman–Crippen MR) is 73.1 cm³/mol. The first-order valence-corrected chi connectivity index (χ1v) is 6.99. The summed E-state index contributed by atoms with van der Waals surface area (Å²) in [6.07, 6.45) is 0.409. The SMILES string of the molecule is CC(C)C1CC(=O)N(C(=O)c2ccc(F)c(Br)c2)C1. The summed E-state index contributed by atoms with van der Waals surface area (Å²) < 4.78 is 13.4. The molecule has 102 valence electrons. The van der Waals surface area contributed by atoms with Crippen molar-refractivity contribution in [2.45, 2.75) is 20.3 Å². The molecule has 1 unspecified atom stereocenters. The van der Waals surface area contributed by atoms with Crippen molar-refractivity contribution >= 4 is 27.7 Å². The molecule has 1 saturated heterocycles. The van der Waals surface area contributed by atoms with E-state index in [9.17, 15) is 14.0 Å². The van der Waals surface area contributed by atoms with Gasteiger partial charge in [0.15, 0.2) is 0 Å². The molecule has 0 spiro atoms. The molecular weight excluding hydrogens is 313 g/mol. The normalized spacial score (nSPS) is 19.3. The van der Waals surface area contributed by atoms with E-state index < -0.39 is 5.82 Å². The Kier molecular flexibility index (Phi) is 4.04. The third kappa shape index (κ3) is 2.86. The van der Waals surface area contributed by atoms with Gasteiger partial charge < -0.3 is 0 Å². The molecule has 1 fully saturated rings. The van der Waals surface area contributed by atoms with E-state index in [2.05, 4.69) is 15.9 Å². The van der Waals surface area contributed by atoms with Gasteiger partial charge in [0.1, 0.15) is 5.82 Å². The zero-order valence-corrected chi connectivity index (χ0v) is 12.4. The fraction of sp³-hybridized carbons (Fsp3) is 0.429. The average molecular weight is 328 g/mol. The Morgan fingerprint density at radius 2 is 2.16 bits per heavy atom. The van der Waals surface area contributed by atoms with Crippen molar-refractivity contribution in [3.05, 3.63) is 34.1 Å². The number of hydrogen-bond acceptors (Lipinski definition) is 2. The Hall–Kier alpha value is -1.23. The molecule has 19 heavy (non-hydrogen) atoms. The second-order valence-corrected chi connectivity index (χ2v) is 6.00. The Labute approximate surface area is 119 Å². The fourth-order valence-electron chi connectivity index (χ4n) is 2.16. The van der Waals surface area contributed by atoms with E-state index in [4.69, 9.17) is 0 Å². The summed E-state index contributed by atoms with van der Waals surface area (Å²) in [5, 5.41) is 0. The van der Waals surface area contributed by atoms with Gasteiger partial charge in [0.25, 0.3) is 5.91 Å². The van der Waals surface area contributed by atoms with Gasteiger partial charge in [-0.2, -0.15) is 0 Å². The number of nitrogens with zero attached hydrogens (tertiary/aromatic N) is 1. The number of imide groups is 1. The van der Waals surface area contributed by atoms with Gasteiger partial charge >= 0.3 is 0 Å². The van der Waals surface area contributed by atoms with Crippen LogP contribution in [0.25, 0.3) is 0 Å². The van der Waals surface area contributed by atoms with Gasteiger partial charge in [0.2, 0.25) is 5.91 Å². The molecule has 1 aliphatic rings. The summed E-state index contributed by atoms with van der Waals surface area (Å²) in [7, 11) is 0. The number of rotatable bonds is 2. The largest absolute Gasteiger partial charge is 0.278 e. The van der Waals surface area contributed by atoms with E-state index in [1.807, 2.05) is 13.8 Å². The van der Waals surface area contributed by atoms with Crippen LogP contribution in [-0.2, 0) is 4.79 Å². The zero-order chi connectivity index (χ0) is 14.2. The van der Waals surface area contributed by atoms with Gasteiger partial charge in [-0.15, -0.1) is 0 Å². The monoisotopic (exact) mass is 327 g/mol. The molecule has 1 atom stereocenters. The van der Waals surface area contributed by atoms with Crippen LogP contribution in [0.3, 0.4) is 0 Å². The van der Waals surface area contributed by atoms with Gasteiger partial charge in [-0.25, -0.2) is 4.39 Å². The third-order valence-corrected chi connectivity index (χ3v) is 4.12. The molecule has 1 aromatic rings. The molecule has 0 aromatic heterocycles. The van der Waals surface area contributed by atoms with E-state index in [1.165, 1.54) is 23.1 Å². The summed E-state index contributed by atoms with van der Waals surface area (Å²) >= 11 is 3.04. The van der Waals surface area contributed by atoms with Crippen LogP contribution in [0.1, 0.15) is 30.6 Å². The van der Waals surface area contributed by atoms with Crippen LogP contribution < -0.4 is 0 Å². The Morgan fingerprint density at radius 1 is 1.47 bits per heavy atom. The molecule has 0 N–H and O–H groups in total. The molecule has 2 rings (SSSR count). The molecule has 2 amide bonds. The van der Waals surface area contributed by atoms with Crippen LogP contribution in [0, 0.1) is 17.7 Å². The van der Waals surface area contributed by atoms with Crippen LogP contribution in [0.5, 0.6) is 0 Å². The van der Waals surface area contributed by atoms with Crippen molar-refractivity contribution in [3.8, 4) is 0 Å². The Bertz CT molecular complexity index is 530. The van der Waals surface area contributed by atoms with Gasteiger partial charge in [0, 0.05) is 18.5 Å². The molecule has 0 aliphatic carbocycles. The summed E-state index contributed by atoms with van der Waals surface area (Å²) in [6.45, 7) is 4.53. The van der Waals surface area contributed by atoms with Crippen molar-refractivity contribution in [2.24, 2.45) is 11.8 Å². The van der Waals surface area contributed by atoms with Crippen LogP contribution in [-0.4, -0.2) is 23.3 Å². The lowest BCUT2D eigenvalue weighted by atomic mass is 9.95. The second kappa shape index (κ2) is 5.41. The molecule has 0 radical (unpaired) electrons. The average Bonchev–Trinajstić information content (AvgIpc) is 2.74. The maximum Gasteiger partial charge on any atom is 0.260 e. The highest BCUT2D eigenvalue weighted by Gasteiger charge is 2.35. The van der Waals surface area contributed by atoms with E-state index >= 15 is 0 Å². The number of halogens is 2. The Balaban J connectivity index is 2.20. The first kappa shape index (κ1) is 14.2. The second-order valence-electron chi connectivity index (χ2n) is 5.15. The highest BCUT2D eigenvalue weighted by atomic mass is 79.9. The van der Waals surface area contributed by atoms with Crippen LogP contribution in [0.2, 0.25) is 0 Å². The van der Waals surface area contributed by atoms with Gasteiger partial charge in [-0.1, -0.05) is 13.8 Å². The standard InChI is InChI=1S/C14H15BrFNO2/c1-8(2)10-6-13(18)17(7-10)14(19)9-3-4-12(16)11(15)5-9/h3-5,8,10H,6-7H2,1-2H3. The van der Waals surface area contributed by atoms with Gasteiger partial charge in [-0.05, 0) is 46.0 Å². The fourth-order valence-corrected chi connectivity index (χ4v) is 2.54. The lowest BCUT2D eigenvalue weighted by Gasteiger charge is -2.16. The molecule has 0 bridgehead atoms. The van der Waals surface area contributed by atoms with Crippen molar-refractivity contribution in [2.75, 3.05) is 6.54 Å². The zero-order valence-electron chi connectivity index (χ0n) is 10.8. The van der Waals surface area contributed by atoms with E-state index in [0.717, 1.165) is 0 Å². The number of likely N-dealkylation sites (tertiary alicyclic amines) is 1. The van der Waals surface area contributed by atoms with Gasteiger partial charge in [0.05, 0.1) is 4.47 Å². The third-order valence-electron chi connectivity index (χ3n) is 3.51. The van der Waals surface area contributed by atoms with Gasteiger partial charge in [-0.3, -0.25) is 14.5 Å². The molecule has 0 saturated carbocycles. The van der Waals surface area contributed by atoms with E-state index in [1.54, 1.807) is 0 Å². The summed E-state index contributed by atoms with van der Waals surface area (Å²) in [5.41, 5.74) is 0.325. The summed E-state index contributed by atoms with van der Waals surface area (Å²) in [6, 6.07) is 4.03. The number of carbonyl (C=O) groups is 2. The number of amides is 2. The molecule has 5 heteroatoms. The van der Waals surface area contributed by atoms with E-state index in [-0.39, 0.29) is 22.2 Å². The van der Waals surface area contributed by atoms with Crippen LogP contribution in [0.15, 0.2) is 22.7 Å². The highest BCUT2D eigenvalue weighted by Crippen LogP contribution is 2.27. The van der Waals surface area contributed by atoms with Crippen molar-refractivity contribution in [3.63, 3.8) is 0 Å². The predicted octanol–water partition coefficient (Wildman–Crippen LogP) is 3.23. The molecule has 1 heterocycles. The summed E-state index contributed by atoms with van der Waals surface area (Å²) in [4.78, 5) is 25.4. The van der Waals surface area contributed by atoms with Crippen molar-refractivity contribution in [1.82, 2.24) is 4.90 Å². The Morgan fingerprint density at radius 3 is 2.68 bits per heavy atom. The molecule has 3 nitrogen and oxygen atoms in total. The molecule has 1 aromatic carbocycles. The molecular formula is C14H15BrFNO2. The first-order valence-electron chi connectivity index (χ1n) is 6.20. The lowest BCUT2D eigenvalue weighted by molar-refractivity contribution is -0.125. The molecule has 1 aliphatic heterocycles. The maximum absolute atomic E-state index is 13.1. The quantitative estimate of drug-likeness (QED) is 0.782. The van der Waals surface area contributed by atoms with Crippen LogP contribution in [0.4, 0.5) is 4.39 Å². The topological polar surface area (TPSA) is 37.4 Å². The van der Waals surface area contributed by atoms with E-state index in [0.29, 0.717) is 24.4 Å². The van der Waals surface area contributed by atoms with Crippen molar-refractivity contribution in [1.29, 1.82) is 0 Å². The number of hydrogen-bond donors (Lipinski definition) is 0. The van der Waals surface area contributed by atoms with Crippen LogP contribution >= 0.6 is 15.9 Å².